The van der Waals surface area contributed by atoms with Crippen LogP contribution in [-0.2, 0) is 6.54 Å². The van der Waals surface area contributed by atoms with Crippen molar-refractivity contribution in [2.24, 2.45) is 0 Å². The molecule has 0 amide bonds. The summed E-state index contributed by atoms with van der Waals surface area (Å²) in [5.74, 6) is 0.0814. The van der Waals surface area contributed by atoms with Gasteiger partial charge in [0.2, 0.25) is 0 Å². The molecular formula is C17H18BrNO. The molecule has 0 fully saturated rings. The molecule has 0 aliphatic carbocycles. The van der Waals surface area contributed by atoms with E-state index in [9.17, 15) is 4.79 Å². The topological polar surface area (TPSA) is 20.3 Å². The molecule has 3 heteroatoms. The Bertz CT molecular complexity index is 637. The first kappa shape index (κ1) is 14.8. The van der Waals surface area contributed by atoms with E-state index in [4.69, 9.17) is 0 Å². The Morgan fingerprint density at radius 3 is 2.55 bits per heavy atom. The molecular weight excluding hydrogens is 314 g/mol. The van der Waals surface area contributed by atoms with Crippen LogP contribution in [0.3, 0.4) is 0 Å². The van der Waals surface area contributed by atoms with Crippen LogP contribution < -0.4 is 4.90 Å². The second kappa shape index (κ2) is 6.23. The van der Waals surface area contributed by atoms with E-state index < -0.39 is 0 Å². The molecule has 0 aliphatic heterocycles. The van der Waals surface area contributed by atoms with Crippen molar-refractivity contribution >= 4 is 27.4 Å². The Labute approximate surface area is 128 Å². The molecule has 0 atom stereocenters. The number of anilines is 1. The molecule has 104 valence electrons. The fraction of sp³-hybridized carbons (Fsp3) is 0.235. The summed E-state index contributed by atoms with van der Waals surface area (Å²) in [6, 6.07) is 14.2. The summed E-state index contributed by atoms with van der Waals surface area (Å²) in [5.41, 5.74) is 4.24. The van der Waals surface area contributed by atoms with Gasteiger partial charge in [-0.3, -0.25) is 4.79 Å². The average molecular weight is 332 g/mol. The number of nitrogens with zero attached hydrogens (tertiary/aromatic N) is 1. The third-order valence-electron chi connectivity index (χ3n) is 3.42. The van der Waals surface area contributed by atoms with Gasteiger partial charge in [0, 0.05) is 29.3 Å². The molecule has 0 radical (unpaired) electrons. The Kier molecular flexibility index (Phi) is 4.61. The lowest BCUT2D eigenvalue weighted by atomic mass is 10.1. The first-order valence-corrected chi connectivity index (χ1v) is 7.34. The molecule has 0 aromatic heterocycles. The minimum Gasteiger partial charge on any atom is -0.370 e. The molecule has 0 heterocycles. The van der Waals surface area contributed by atoms with E-state index in [-0.39, 0.29) is 5.78 Å². The number of hydrogen-bond acceptors (Lipinski definition) is 2. The third kappa shape index (κ3) is 3.28. The average Bonchev–Trinajstić information content (AvgIpc) is 2.41. The predicted molar refractivity (Wildman–Crippen MR) is 87.4 cm³/mol. The maximum Gasteiger partial charge on any atom is 0.161 e. The van der Waals surface area contributed by atoms with Crippen LogP contribution in [0.15, 0.2) is 46.9 Å². The smallest absolute Gasteiger partial charge is 0.161 e. The lowest BCUT2D eigenvalue weighted by Crippen LogP contribution is -2.19. The Morgan fingerprint density at radius 1 is 1.20 bits per heavy atom. The number of benzene rings is 2. The van der Waals surface area contributed by atoms with E-state index >= 15 is 0 Å². The highest BCUT2D eigenvalue weighted by molar-refractivity contribution is 9.10. The van der Waals surface area contributed by atoms with Gasteiger partial charge < -0.3 is 4.90 Å². The van der Waals surface area contributed by atoms with Gasteiger partial charge in [0.25, 0.3) is 0 Å². The van der Waals surface area contributed by atoms with Crippen LogP contribution >= 0.6 is 15.9 Å². The second-order valence-corrected chi connectivity index (χ2v) is 5.92. The van der Waals surface area contributed by atoms with Gasteiger partial charge in [0.1, 0.15) is 0 Å². The third-order valence-corrected chi connectivity index (χ3v) is 3.91. The largest absolute Gasteiger partial charge is 0.370 e. The van der Waals surface area contributed by atoms with Crippen molar-refractivity contribution in [1.29, 1.82) is 0 Å². The van der Waals surface area contributed by atoms with Crippen LogP contribution in [0, 0.1) is 6.92 Å². The van der Waals surface area contributed by atoms with E-state index in [2.05, 4.69) is 39.9 Å². The molecule has 0 saturated heterocycles. The molecule has 2 nitrogen and oxygen atoms in total. The van der Waals surface area contributed by atoms with Crippen molar-refractivity contribution < 1.29 is 4.79 Å². The molecule has 0 spiro atoms. The van der Waals surface area contributed by atoms with Gasteiger partial charge >= 0.3 is 0 Å². The number of hydrogen-bond donors (Lipinski definition) is 0. The zero-order valence-electron chi connectivity index (χ0n) is 12.0. The molecule has 2 rings (SSSR count). The highest BCUT2D eigenvalue weighted by Gasteiger charge is 2.12. The Morgan fingerprint density at radius 2 is 1.90 bits per heavy atom. The van der Waals surface area contributed by atoms with Crippen molar-refractivity contribution in [3.8, 4) is 0 Å². The lowest BCUT2D eigenvalue weighted by molar-refractivity contribution is 0.101. The SMILES string of the molecule is CC(=O)c1cc(Br)ccc1N(C)Cc1ccccc1C. The number of carbonyl (C=O) groups is 1. The standard InChI is InChI=1S/C17H18BrNO/c1-12-6-4-5-7-14(12)11-19(3)17-9-8-15(18)10-16(17)13(2)20/h4-10H,11H2,1-3H3. The molecule has 20 heavy (non-hydrogen) atoms. The van der Waals surface area contributed by atoms with Gasteiger partial charge in [0.05, 0.1) is 0 Å². The second-order valence-electron chi connectivity index (χ2n) is 5.00. The van der Waals surface area contributed by atoms with E-state index in [1.165, 1.54) is 11.1 Å². The highest BCUT2D eigenvalue weighted by atomic mass is 79.9. The van der Waals surface area contributed by atoms with Crippen molar-refractivity contribution in [2.45, 2.75) is 20.4 Å². The minimum atomic E-state index is 0.0814. The van der Waals surface area contributed by atoms with Crippen molar-refractivity contribution in [3.63, 3.8) is 0 Å². The fourth-order valence-corrected chi connectivity index (χ4v) is 2.61. The maximum atomic E-state index is 11.8. The Hall–Kier alpha value is -1.61. The normalized spacial score (nSPS) is 10.4. The number of Topliss-reactive ketones (excluding diaryl/α,β-unsaturated/α-hetero) is 1. The van der Waals surface area contributed by atoms with Gasteiger partial charge in [-0.15, -0.1) is 0 Å². The molecule has 0 unspecified atom stereocenters. The zero-order chi connectivity index (χ0) is 14.7. The van der Waals surface area contributed by atoms with E-state index in [0.717, 1.165) is 22.3 Å². The van der Waals surface area contributed by atoms with Crippen molar-refractivity contribution in [3.05, 3.63) is 63.6 Å². The molecule has 2 aromatic carbocycles. The van der Waals surface area contributed by atoms with Gasteiger partial charge in [-0.1, -0.05) is 40.2 Å². The summed E-state index contributed by atoms with van der Waals surface area (Å²) in [5, 5.41) is 0. The first-order chi connectivity index (χ1) is 9.49. The van der Waals surface area contributed by atoms with E-state index in [1.807, 2.05) is 37.4 Å². The van der Waals surface area contributed by atoms with Crippen LogP contribution in [0.1, 0.15) is 28.4 Å². The van der Waals surface area contributed by atoms with E-state index in [1.54, 1.807) is 6.92 Å². The monoisotopic (exact) mass is 331 g/mol. The van der Waals surface area contributed by atoms with Gasteiger partial charge in [-0.05, 0) is 43.2 Å². The summed E-state index contributed by atoms with van der Waals surface area (Å²) in [4.78, 5) is 13.9. The number of halogens is 1. The summed E-state index contributed by atoms with van der Waals surface area (Å²) in [6.07, 6.45) is 0. The first-order valence-electron chi connectivity index (χ1n) is 6.55. The number of carbonyl (C=O) groups excluding carboxylic acids is 1. The van der Waals surface area contributed by atoms with Gasteiger partial charge in [-0.2, -0.15) is 0 Å². The fourth-order valence-electron chi connectivity index (χ4n) is 2.25. The summed E-state index contributed by atoms with van der Waals surface area (Å²) in [7, 11) is 2.02. The summed E-state index contributed by atoms with van der Waals surface area (Å²) in [6.45, 7) is 4.50. The molecule has 0 aliphatic rings. The number of ketones is 1. The van der Waals surface area contributed by atoms with Crippen LogP contribution in [0.2, 0.25) is 0 Å². The van der Waals surface area contributed by atoms with Gasteiger partial charge in [0.15, 0.2) is 5.78 Å². The molecule has 0 saturated carbocycles. The van der Waals surface area contributed by atoms with Gasteiger partial charge in [-0.25, -0.2) is 0 Å². The lowest BCUT2D eigenvalue weighted by Gasteiger charge is -2.23. The van der Waals surface area contributed by atoms with E-state index in [0.29, 0.717) is 0 Å². The van der Waals surface area contributed by atoms with Crippen LogP contribution in [0.5, 0.6) is 0 Å². The summed E-state index contributed by atoms with van der Waals surface area (Å²) >= 11 is 3.42. The highest BCUT2D eigenvalue weighted by Crippen LogP contribution is 2.26. The van der Waals surface area contributed by atoms with Crippen molar-refractivity contribution in [1.82, 2.24) is 0 Å². The maximum absolute atomic E-state index is 11.8. The van der Waals surface area contributed by atoms with Crippen LogP contribution in [0.4, 0.5) is 5.69 Å². The van der Waals surface area contributed by atoms with Crippen LogP contribution in [-0.4, -0.2) is 12.8 Å². The minimum absolute atomic E-state index is 0.0814. The van der Waals surface area contributed by atoms with Crippen molar-refractivity contribution in [2.75, 3.05) is 11.9 Å². The molecule has 2 aromatic rings. The predicted octanol–water partition coefficient (Wildman–Crippen LogP) is 4.60. The zero-order valence-corrected chi connectivity index (χ0v) is 13.6. The molecule has 0 bridgehead atoms. The summed E-state index contributed by atoms with van der Waals surface area (Å²) < 4.78 is 0.927. The Balaban J connectivity index is 2.32. The quantitative estimate of drug-likeness (QED) is 0.763. The number of aryl methyl sites for hydroxylation is 1. The molecule has 0 N–H and O–H groups in total. The number of rotatable bonds is 4. The van der Waals surface area contributed by atoms with Crippen LogP contribution in [0.25, 0.3) is 0 Å².